The summed E-state index contributed by atoms with van der Waals surface area (Å²) in [5.41, 5.74) is 3.17. The fourth-order valence-electron chi connectivity index (χ4n) is 4.40. The number of para-hydroxylation sites is 1. The smallest absolute Gasteiger partial charge is 0.266 e. The summed E-state index contributed by atoms with van der Waals surface area (Å²) < 4.78 is 7.10. The average Bonchev–Trinajstić information content (AvgIpc) is 3.48. The van der Waals surface area contributed by atoms with Gasteiger partial charge in [-0.1, -0.05) is 54.6 Å². The van der Waals surface area contributed by atoms with Crippen molar-refractivity contribution in [3.8, 4) is 45.7 Å². The molecule has 37 heavy (non-hydrogen) atoms. The van der Waals surface area contributed by atoms with Gasteiger partial charge in [-0.3, -0.25) is 14.2 Å². The second kappa shape index (κ2) is 8.95. The number of rotatable bonds is 4. The van der Waals surface area contributed by atoms with Crippen molar-refractivity contribution in [3.63, 3.8) is 0 Å². The lowest BCUT2D eigenvalue weighted by Crippen LogP contribution is -2.21. The van der Waals surface area contributed by atoms with E-state index in [1.54, 1.807) is 48.5 Å². The molecule has 7 heteroatoms. The van der Waals surface area contributed by atoms with Gasteiger partial charge in [0, 0.05) is 11.3 Å². The van der Waals surface area contributed by atoms with Crippen molar-refractivity contribution in [2.24, 2.45) is 0 Å². The zero-order valence-electron chi connectivity index (χ0n) is 19.4. The lowest BCUT2D eigenvalue weighted by molar-refractivity contribution is 0.574. The van der Waals surface area contributed by atoms with Gasteiger partial charge in [-0.15, -0.1) is 0 Å². The molecule has 7 nitrogen and oxygen atoms in total. The first-order chi connectivity index (χ1) is 18.1. The van der Waals surface area contributed by atoms with E-state index in [1.807, 2.05) is 54.6 Å². The standard InChI is InChI=1S/C30H18N4O3/c31-18-24-23(19-7-2-1-3-8-19)17-26(33-29(24)35)20-12-14-21(15-13-20)34-28(27-11-6-16-37-27)32-25-10-5-4-9-22(25)30(34)36/h1-17H,(H,33,35). The van der Waals surface area contributed by atoms with Gasteiger partial charge in [0.1, 0.15) is 11.6 Å². The van der Waals surface area contributed by atoms with Crippen molar-refractivity contribution in [2.45, 2.75) is 0 Å². The van der Waals surface area contributed by atoms with Crippen molar-refractivity contribution in [3.05, 3.63) is 130 Å². The molecule has 3 aromatic carbocycles. The maximum Gasteiger partial charge on any atom is 0.266 e. The van der Waals surface area contributed by atoms with Gasteiger partial charge in [0.05, 0.1) is 22.9 Å². The van der Waals surface area contributed by atoms with Crippen LogP contribution in [0.1, 0.15) is 5.56 Å². The highest BCUT2D eigenvalue weighted by Crippen LogP contribution is 2.28. The number of furan rings is 1. The van der Waals surface area contributed by atoms with Gasteiger partial charge >= 0.3 is 0 Å². The molecule has 176 valence electrons. The van der Waals surface area contributed by atoms with E-state index in [0.717, 1.165) is 11.1 Å². The summed E-state index contributed by atoms with van der Waals surface area (Å²) in [4.78, 5) is 33.8. The van der Waals surface area contributed by atoms with Gasteiger partial charge < -0.3 is 9.40 Å². The first-order valence-electron chi connectivity index (χ1n) is 11.5. The van der Waals surface area contributed by atoms with E-state index >= 15 is 0 Å². The molecule has 0 spiro atoms. The molecule has 0 amide bonds. The Balaban J connectivity index is 1.50. The molecular formula is C30H18N4O3. The molecule has 0 fully saturated rings. The second-order valence-corrected chi connectivity index (χ2v) is 8.40. The Kier molecular flexibility index (Phi) is 5.32. The number of hydrogen-bond acceptors (Lipinski definition) is 5. The molecule has 0 unspecified atom stereocenters. The van der Waals surface area contributed by atoms with Crippen LogP contribution < -0.4 is 11.1 Å². The fraction of sp³-hybridized carbons (Fsp3) is 0. The van der Waals surface area contributed by atoms with Crippen molar-refractivity contribution < 1.29 is 4.42 Å². The number of nitrogens with one attached hydrogen (secondary N) is 1. The summed E-state index contributed by atoms with van der Waals surface area (Å²) in [7, 11) is 0. The quantitative estimate of drug-likeness (QED) is 0.355. The predicted molar refractivity (Wildman–Crippen MR) is 141 cm³/mol. The SMILES string of the molecule is N#Cc1c(-c2ccccc2)cc(-c2ccc(-n3c(-c4ccco4)nc4ccccc4c3=O)cc2)[nH]c1=O. The zero-order valence-corrected chi connectivity index (χ0v) is 19.4. The van der Waals surface area contributed by atoms with E-state index in [0.29, 0.717) is 39.4 Å². The van der Waals surface area contributed by atoms with Crippen LogP contribution in [0, 0.1) is 11.3 Å². The molecule has 0 bridgehead atoms. The molecule has 6 aromatic rings. The number of benzene rings is 3. The van der Waals surface area contributed by atoms with Crippen molar-refractivity contribution in [1.82, 2.24) is 14.5 Å². The highest BCUT2D eigenvalue weighted by atomic mass is 16.3. The van der Waals surface area contributed by atoms with E-state index in [2.05, 4.69) is 4.98 Å². The molecule has 3 heterocycles. The van der Waals surface area contributed by atoms with Gasteiger partial charge in [0.15, 0.2) is 11.6 Å². The van der Waals surface area contributed by atoms with Crippen LogP contribution in [0.4, 0.5) is 0 Å². The van der Waals surface area contributed by atoms with E-state index in [4.69, 9.17) is 9.40 Å². The van der Waals surface area contributed by atoms with Crippen LogP contribution in [0.25, 0.3) is 50.6 Å². The van der Waals surface area contributed by atoms with E-state index in [9.17, 15) is 14.9 Å². The Morgan fingerprint density at radius 2 is 1.59 bits per heavy atom. The molecule has 0 radical (unpaired) electrons. The first kappa shape index (κ1) is 22.0. The summed E-state index contributed by atoms with van der Waals surface area (Å²) in [5.74, 6) is 0.857. The van der Waals surface area contributed by atoms with E-state index in [-0.39, 0.29) is 11.1 Å². The van der Waals surface area contributed by atoms with Crippen LogP contribution in [0.2, 0.25) is 0 Å². The third-order valence-electron chi connectivity index (χ3n) is 6.18. The van der Waals surface area contributed by atoms with Gasteiger partial charge in [-0.25, -0.2) is 4.98 Å². The molecule has 0 atom stereocenters. The minimum absolute atomic E-state index is 0.0588. The number of pyridine rings is 1. The number of fused-ring (bicyclic) bond motifs is 1. The van der Waals surface area contributed by atoms with Crippen LogP contribution in [-0.4, -0.2) is 14.5 Å². The topological polar surface area (TPSA) is 105 Å². The maximum atomic E-state index is 13.5. The minimum Gasteiger partial charge on any atom is -0.461 e. The number of nitriles is 1. The number of H-pyrrole nitrogens is 1. The first-order valence-corrected chi connectivity index (χ1v) is 11.5. The number of aromatic amines is 1. The summed E-state index contributed by atoms with van der Waals surface area (Å²) in [6, 6.07) is 31.0. The van der Waals surface area contributed by atoms with Gasteiger partial charge in [-0.05, 0) is 53.6 Å². The Bertz CT molecular complexity index is 1910. The van der Waals surface area contributed by atoms with Gasteiger partial charge in [0.25, 0.3) is 11.1 Å². The Hall–Kier alpha value is -5.48. The lowest BCUT2D eigenvalue weighted by Gasteiger charge is -2.13. The molecule has 0 saturated carbocycles. The fourth-order valence-corrected chi connectivity index (χ4v) is 4.40. The highest BCUT2D eigenvalue weighted by molar-refractivity contribution is 5.80. The molecule has 1 N–H and O–H groups in total. The summed E-state index contributed by atoms with van der Waals surface area (Å²) in [6.45, 7) is 0. The molecule has 3 aromatic heterocycles. The molecular weight excluding hydrogens is 464 g/mol. The number of nitrogens with zero attached hydrogens (tertiary/aromatic N) is 3. The minimum atomic E-state index is -0.460. The summed E-state index contributed by atoms with van der Waals surface area (Å²) in [5, 5.41) is 10.1. The molecule has 0 saturated heterocycles. The maximum absolute atomic E-state index is 13.5. The van der Waals surface area contributed by atoms with Crippen molar-refractivity contribution in [1.29, 1.82) is 5.26 Å². The average molecular weight is 482 g/mol. The third-order valence-corrected chi connectivity index (χ3v) is 6.18. The monoisotopic (exact) mass is 482 g/mol. The van der Waals surface area contributed by atoms with Crippen molar-refractivity contribution >= 4 is 10.9 Å². The summed E-state index contributed by atoms with van der Waals surface area (Å²) >= 11 is 0. The van der Waals surface area contributed by atoms with E-state index in [1.165, 1.54) is 10.8 Å². The molecule has 0 aliphatic rings. The third kappa shape index (κ3) is 3.83. The number of aromatic nitrogens is 3. The molecule has 0 aliphatic carbocycles. The zero-order chi connectivity index (χ0) is 25.4. The van der Waals surface area contributed by atoms with Gasteiger partial charge in [0.2, 0.25) is 0 Å². The Morgan fingerprint density at radius 1 is 0.838 bits per heavy atom. The predicted octanol–water partition coefficient (Wildman–Crippen LogP) is 5.54. The molecule has 6 rings (SSSR count). The normalized spacial score (nSPS) is 10.9. The van der Waals surface area contributed by atoms with Crippen LogP contribution in [-0.2, 0) is 0 Å². The van der Waals surface area contributed by atoms with Gasteiger partial charge in [-0.2, -0.15) is 5.26 Å². The van der Waals surface area contributed by atoms with Crippen molar-refractivity contribution in [2.75, 3.05) is 0 Å². The lowest BCUT2D eigenvalue weighted by atomic mass is 9.99. The van der Waals surface area contributed by atoms with Crippen LogP contribution in [0.15, 0.2) is 117 Å². The van der Waals surface area contributed by atoms with Crippen LogP contribution >= 0.6 is 0 Å². The summed E-state index contributed by atoms with van der Waals surface area (Å²) in [6.07, 6.45) is 1.54. The van der Waals surface area contributed by atoms with E-state index < -0.39 is 5.56 Å². The van der Waals surface area contributed by atoms with Crippen LogP contribution in [0.3, 0.4) is 0 Å². The van der Waals surface area contributed by atoms with Crippen LogP contribution in [0.5, 0.6) is 0 Å². The highest BCUT2D eigenvalue weighted by Gasteiger charge is 2.17. The second-order valence-electron chi connectivity index (χ2n) is 8.40. The molecule has 0 aliphatic heterocycles. The number of hydrogen-bond donors (Lipinski definition) is 1. The Morgan fingerprint density at radius 3 is 2.32 bits per heavy atom. The largest absolute Gasteiger partial charge is 0.461 e. The Labute approximate surface area is 210 Å².